The summed E-state index contributed by atoms with van der Waals surface area (Å²) in [5, 5.41) is 11.8. The van der Waals surface area contributed by atoms with Crippen LogP contribution in [0.1, 0.15) is 59.8 Å². The molecule has 0 spiro atoms. The van der Waals surface area contributed by atoms with Crippen LogP contribution in [0.4, 0.5) is 4.39 Å². The van der Waals surface area contributed by atoms with Gasteiger partial charge in [-0.05, 0) is 144 Å². The summed E-state index contributed by atoms with van der Waals surface area (Å²) in [5.74, 6) is 1.55. The lowest BCUT2D eigenvalue weighted by molar-refractivity contribution is -0.145. The van der Waals surface area contributed by atoms with E-state index in [1.165, 1.54) is 29.8 Å². The SMILES string of the molecule is C=CCOCC(COC(c1ccccc1)(c1ccc(OC)cc1)c1ccc(OC)cc1)Oc1c(Cl)c(C)c(-c2c(-c3ccc(F)cc3)sc3ncnc(OC(Cc4cc(O[Si](C)(C)C(C)(C)C)ccc4OCc4ccnc(-c5ccccc5OCCOCCOCCOC)n4)C(=O)O)c23)c(C)c1Cl. The van der Waals surface area contributed by atoms with E-state index >= 15 is 0 Å². The predicted octanol–water partition coefficient (Wildman–Crippen LogP) is 17.6. The van der Waals surface area contributed by atoms with E-state index in [2.05, 4.69) is 45.4 Å². The maximum atomic E-state index is 14.9. The van der Waals surface area contributed by atoms with E-state index in [4.69, 9.17) is 94.7 Å². The molecule has 0 aliphatic carbocycles. The molecule has 2 unspecified atom stereocenters. The number of thiophene rings is 1. The highest BCUT2D eigenvalue weighted by molar-refractivity contribution is 7.22. The zero-order chi connectivity index (χ0) is 73.3. The van der Waals surface area contributed by atoms with Gasteiger partial charge in [0, 0.05) is 35.7 Å². The summed E-state index contributed by atoms with van der Waals surface area (Å²) in [6.45, 7) is 20.8. The molecule has 103 heavy (non-hydrogen) atoms. The minimum absolute atomic E-state index is 0.0173. The van der Waals surface area contributed by atoms with Gasteiger partial charge in [-0.15, -0.1) is 17.9 Å². The maximum absolute atomic E-state index is 14.9. The van der Waals surface area contributed by atoms with Crippen LogP contribution in [0.3, 0.4) is 0 Å². The topological polar surface area (TPSA) is 200 Å². The van der Waals surface area contributed by atoms with Gasteiger partial charge in [0.2, 0.25) is 20.3 Å². The number of fused-ring (bicyclic) bond motifs is 1. The largest absolute Gasteiger partial charge is 0.543 e. The molecule has 18 nitrogen and oxygen atoms in total. The Labute approximate surface area is 615 Å². The van der Waals surface area contributed by atoms with Gasteiger partial charge in [0.05, 0.1) is 93.8 Å². The molecule has 0 amide bonds. The maximum Gasteiger partial charge on any atom is 0.345 e. The zero-order valence-corrected chi connectivity index (χ0v) is 62.7. The van der Waals surface area contributed by atoms with Crippen molar-refractivity contribution in [1.82, 2.24) is 19.9 Å². The number of ether oxygens (including phenoxy) is 11. The lowest BCUT2D eigenvalue weighted by Crippen LogP contribution is -2.43. The Bertz CT molecular complexity index is 4410. The van der Waals surface area contributed by atoms with Crippen LogP contribution in [0.15, 0.2) is 177 Å². The van der Waals surface area contributed by atoms with Gasteiger partial charge < -0.3 is 61.6 Å². The van der Waals surface area contributed by atoms with E-state index in [1.54, 1.807) is 63.9 Å². The fourth-order valence-electron chi connectivity index (χ4n) is 11.4. The molecule has 1 N–H and O–H groups in total. The minimum atomic E-state index is -2.45. The quantitative estimate of drug-likeness (QED) is 0.0167. The lowest BCUT2D eigenvalue weighted by Gasteiger charge is -2.37. The summed E-state index contributed by atoms with van der Waals surface area (Å²) < 4.78 is 89.2. The second kappa shape index (κ2) is 35.5. The standard InChI is InChI=1S/C80H85Cl2FN4O14SSi/c1-12-38-95-48-63(49-98-80(55-18-14-13-15-19-55,56-24-30-60(91-8)31-25-56)57-26-32-61(92-9)33-27-57)99-73-71(81)51(2)68(52(3)72(73)82)69-70-76(85-50-86-77(70)102-74(69)53-22-28-58(83)29-23-53)100-67(78(88)89)46-54-45-62(101-103(10,11)79(4,5)6)34-35-65(54)97-47-59-36-37-84-75(87-59)64-20-16-17-21-66(64)96-44-43-94-42-41-93-40-39-90-7/h12-37,45,50,63,67H,1,38-44,46-49H2,2-11H3,(H,88,89). The fraction of sp³-hybridized carbons (Fsp3) is 0.312. The second-order valence-electron chi connectivity index (χ2n) is 25.6. The number of methoxy groups -OCH3 is 3. The number of aromatic nitrogens is 4. The number of aliphatic carboxylic acids is 1. The first-order valence-corrected chi connectivity index (χ1v) is 38.0. The van der Waals surface area contributed by atoms with Crippen LogP contribution >= 0.6 is 34.5 Å². The summed E-state index contributed by atoms with van der Waals surface area (Å²) in [6, 6.07) is 45.9. The van der Waals surface area contributed by atoms with Crippen LogP contribution in [-0.2, 0) is 47.1 Å². The molecule has 2 atom stereocenters. The monoisotopic (exact) mass is 1470 g/mol. The van der Waals surface area contributed by atoms with Crippen molar-refractivity contribution in [2.75, 3.05) is 80.8 Å². The predicted molar refractivity (Wildman–Crippen MR) is 402 cm³/mol. The number of hydrogen-bond donors (Lipinski definition) is 1. The third kappa shape index (κ3) is 18.5. The molecule has 0 saturated carbocycles. The summed E-state index contributed by atoms with van der Waals surface area (Å²) in [4.78, 5) is 33.9. The third-order valence-corrected chi connectivity index (χ3v) is 24.2. The Morgan fingerprint density at radius 1 is 0.680 bits per heavy atom. The number of carbonyl (C=O) groups is 1. The fourth-order valence-corrected chi connectivity index (χ4v) is 14.1. The highest BCUT2D eigenvalue weighted by atomic mass is 35.5. The number of carboxylic acid groups (broad SMARTS) is 1. The van der Waals surface area contributed by atoms with Gasteiger partial charge in [-0.1, -0.05) is 129 Å². The number of rotatable bonds is 37. The molecule has 10 aromatic rings. The summed E-state index contributed by atoms with van der Waals surface area (Å²) in [7, 11) is 2.41. The van der Waals surface area contributed by atoms with Crippen molar-refractivity contribution in [2.24, 2.45) is 0 Å². The van der Waals surface area contributed by atoms with E-state index in [0.29, 0.717) is 127 Å². The molecule has 0 bridgehead atoms. The van der Waals surface area contributed by atoms with Gasteiger partial charge in [-0.3, -0.25) is 0 Å². The van der Waals surface area contributed by atoms with Gasteiger partial charge >= 0.3 is 5.97 Å². The molecule has 10 rings (SSSR count). The van der Waals surface area contributed by atoms with Crippen LogP contribution in [-0.4, -0.2) is 132 Å². The van der Waals surface area contributed by atoms with Gasteiger partial charge in [-0.25, -0.2) is 29.1 Å². The van der Waals surface area contributed by atoms with Crippen molar-refractivity contribution in [3.63, 3.8) is 0 Å². The van der Waals surface area contributed by atoms with E-state index in [0.717, 1.165) is 16.7 Å². The Morgan fingerprint density at radius 2 is 1.30 bits per heavy atom. The molecule has 540 valence electrons. The van der Waals surface area contributed by atoms with Gasteiger partial charge in [0.15, 0.2) is 11.6 Å². The molecular formula is C80H85Cl2FN4O14SSi. The Kier molecular flexibility index (Phi) is 26.4. The Balaban J connectivity index is 0.995. The number of hydrogen-bond acceptors (Lipinski definition) is 18. The van der Waals surface area contributed by atoms with E-state index in [-0.39, 0.29) is 66.2 Å². The third-order valence-electron chi connectivity index (χ3n) is 17.8. The summed E-state index contributed by atoms with van der Waals surface area (Å²) >= 11 is 16.6. The van der Waals surface area contributed by atoms with E-state index in [9.17, 15) is 14.3 Å². The van der Waals surface area contributed by atoms with Crippen molar-refractivity contribution < 1.29 is 70.8 Å². The minimum Gasteiger partial charge on any atom is -0.543 e. The molecule has 0 radical (unpaired) electrons. The second-order valence-corrected chi connectivity index (χ2v) is 32.1. The number of para-hydroxylation sites is 1. The molecular weight excluding hydrogens is 1390 g/mol. The average molecular weight is 1480 g/mol. The smallest absolute Gasteiger partial charge is 0.345 e. The van der Waals surface area contributed by atoms with Crippen molar-refractivity contribution in [3.05, 3.63) is 232 Å². The average Bonchev–Trinajstić information content (AvgIpc) is 1.63. The van der Waals surface area contributed by atoms with Crippen molar-refractivity contribution in [3.8, 4) is 73.3 Å². The van der Waals surface area contributed by atoms with Gasteiger partial charge in [-0.2, -0.15) is 0 Å². The van der Waals surface area contributed by atoms with Crippen LogP contribution < -0.4 is 32.8 Å². The van der Waals surface area contributed by atoms with Crippen molar-refractivity contribution in [1.29, 1.82) is 0 Å². The molecule has 0 saturated heterocycles. The number of benzene rings is 7. The van der Waals surface area contributed by atoms with E-state index < -0.39 is 37.9 Å². The molecule has 3 heterocycles. The first kappa shape index (κ1) is 76.6. The highest BCUT2D eigenvalue weighted by Gasteiger charge is 2.41. The molecule has 0 fully saturated rings. The highest BCUT2D eigenvalue weighted by Crippen LogP contribution is 2.54. The van der Waals surface area contributed by atoms with E-state index in [1.807, 2.05) is 123 Å². The van der Waals surface area contributed by atoms with Crippen LogP contribution in [0.5, 0.6) is 40.4 Å². The lowest BCUT2D eigenvalue weighted by atomic mass is 9.80. The van der Waals surface area contributed by atoms with Crippen LogP contribution in [0.2, 0.25) is 28.2 Å². The molecule has 0 aliphatic heterocycles. The van der Waals surface area contributed by atoms with Gasteiger partial charge in [0.1, 0.15) is 70.6 Å². The number of halogens is 3. The van der Waals surface area contributed by atoms with Crippen molar-refractivity contribution in [2.45, 2.75) is 83.6 Å². The van der Waals surface area contributed by atoms with Crippen LogP contribution in [0, 0.1) is 19.7 Å². The molecule has 23 heteroatoms. The number of carboxylic acids is 1. The number of nitrogens with zero attached hydrogens (tertiary/aromatic N) is 4. The first-order valence-electron chi connectivity index (χ1n) is 33.6. The molecule has 7 aromatic carbocycles. The Hall–Kier alpha value is -9.00. The Morgan fingerprint density at radius 3 is 1.93 bits per heavy atom. The van der Waals surface area contributed by atoms with Crippen LogP contribution in [0.25, 0.3) is 43.2 Å². The first-order chi connectivity index (χ1) is 49.7. The van der Waals surface area contributed by atoms with Gasteiger partial charge in [0.25, 0.3) is 0 Å². The molecule has 0 aliphatic rings. The summed E-state index contributed by atoms with van der Waals surface area (Å²) in [5.41, 5.74) is 5.60. The zero-order valence-electron chi connectivity index (χ0n) is 59.4. The van der Waals surface area contributed by atoms with Crippen molar-refractivity contribution >= 4 is 59.0 Å². The summed E-state index contributed by atoms with van der Waals surface area (Å²) in [6.07, 6.45) is 1.94. The normalized spacial score (nSPS) is 12.4. The molecule has 3 aromatic heterocycles.